The summed E-state index contributed by atoms with van der Waals surface area (Å²) >= 11 is 0.881. The minimum Gasteiger partial charge on any atom is -0.464 e. The third-order valence-electron chi connectivity index (χ3n) is 5.01. The van der Waals surface area contributed by atoms with Crippen LogP contribution in [0.1, 0.15) is 69.2 Å². The molecule has 2 aromatic rings. The zero-order valence-corrected chi connectivity index (χ0v) is 20.6. The van der Waals surface area contributed by atoms with Crippen molar-refractivity contribution in [3.63, 3.8) is 0 Å². The molecule has 3 rings (SSSR count). The van der Waals surface area contributed by atoms with Gasteiger partial charge in [0.05, 0.1) is 22.4 Å². The lowest BCUT2D eigenvalue weighted by Gasteiger charge is -2.29. The number of esters is 1. The number of halogens is 3. The third-order valence-corrected chi connectivity index (χ3v) is 7.87. The van der Waals surface area contributed by atoms with Crippen molar-refractivity contribution in [2.45, 2.75) is 76.0 Å². The second kappa shape index (κ2) is 8.99. The average Bonchev–Trinajstić information content (AvgIpc) is 3.33. The fraction of sp³-hybridized carbons (Fsp3) is 0.545. The normalized spacial score (nSPS) is 16.2. The van der Waals surface area contributed by atoms with Crippen LogP contribution in [-0.2, 0) is 24.1 Å². The van der Waals surface area contributed by atoms with Crippen LogP contribution in [0.3, 0.4) is 0 Å². The van der Waals surface area contributed by atoms with E-state index in [2.05, 4.69) is 4.98 Å². The number of thiazole rings is 1. The van der Waals surface area contributed by atoms with Crippen molar-refractivity contribution < 1.29 is 35.9 Å². The van der Waals surface area contributed by atoms with Crippen molar-refractivity contribution in [3.8, 4) is 0 Å². The smallest absolute Gasteiger partial charge is 0.464 e. The lowest BCUT2D eigenvalue weighted by atomic mass is 10.0. The predicted octanol–water partition coefficient (Wildman–Crippen LogP) is 5.88. The second-order valence-corrected chi connectivity index (χ2v) is 11.6. The fourth-order valence-electron chi connectivity index (χ4n) is 3.68. The van der Waals surface area contributed by atoms with Gasteiger partial charge in [-0.25, -0.2) is 18.2 Å². The standard InChI is InChI=1S/C22H26F3NO5S2/c1-6-30-20(27)16(31-21(3,4)5)15-12(2)11-14-17(18(15)33(28,29)22(23,24)25)32-19(26-14)13-9-7-8-10-13/h9,11,16H,6-8,10H2,1-5H3/t16-/m0/s1. The molecule has 0 bridgehead atoms. The van der Waals surface area contributed by atoms with Gasteiger partial charge in [0.1, 0.15) is 9.90 Å². The van der Waals surface area contributed by atoms with E-state index in [4.69, 9.17) is 9.47 Å². The van der Waals surface area contributed by atoms with Gasteiger partial charge in [-0.05, 0) is 71.1 Å². The molecular formula is C22H26F3NO5S2. The number of fused-ring (bicyclic) bond motifs is 1. The number of nitrogens with zero attached hydrogens (tertiary/aromatic N) is 1. The first kappa shape index (κ1) is 25.6. The zero-order chi connectivity index (χ0) is 24.8. The molecule has 1 heterocycles. The number of ether oxygens (including phenoxy) is 2. The Labute approximate surface area is 194 Å². The highest BCUT2D eigenvalue weighted by Crippen LogP contribution is 2.45. The van der Waals surface area contributed by atoms with Gasteiger partial charge in [-0.15, -0.1) is 11.3 Å². The van der Waals surface area contributed by atoms with Gasteiger partial charge in [-0.3, -0.25) is 0 Å². The Balaban J connectivity index is 2.41. The van der Waals surface area contributed by atoms with Crippen molar-refractivity contribution in [1.29, 1.82) is 0 Å². The minimum atomic E-state index is -5.85. The molecule has 33 heavy (non-hydrogen) atoms. The summed E-state index contributed by atoms with van der Waals surface area (Å²) in [6.45, 7) is 7.77. The number of benzene rings is 1. The summed E-state index contributed by atoms with van der Waals surface area (Å²) in [7, 11) is -5.85. The van der Waals surface area contributed by atoms with Crippen molar-refractivity contribution in [3.05, 3.63) is 28.3 Å². The number of aryl methyl sites for hydroxylation is 1. The summed E-state index contributed by atoms with van der Waals surface area (Å²) in [4.78, 5) is 16.2. The molecule has 1 aliphatic rings. The van der Waals surface area contributed by atoms with E-state index < -0.39 is 37.9 Å². The monoisotopic (exact) mass is 505 g/mol. The Morgan fingerprint density at radius 3 is 2.45 bits per heavy atom. The van der Waals surface area contributed by atoms with E-state index in [0.717, 1.165) is 29.8 Å². The molecule has 1 aliphatic carbocycles. The highest BCUT2D eigenvalue weighted by atomic mass is 32.2. The molecule has 182 valence electrons. The van der Waals surface area contributed by atoms with Gasteiger partial charge in [-0.2, -0.15) is 13.2 Å². The van der Waals surface area contributed by atoms with Gasteiger partial charge in [-0.1, -0.05) is 6.08 Å². The maximum Gasteiger partial charge on any atom is 0.501 e. The van der Waals surface area contributed by atoms with Crippen LogP contribution in [0, 0.1) is 6.92 Å². The molecule has 1 atom stereocenters. The van der Waals surface area contributed by atoms with E-state index in [1.54, 1.807) is 27.7 Å². The van der Waals surface area contributed by atoms with Crippen LogP contribution in [0.4, 0.5) is 13.2 Å². The van der Waals surface area contributed by atoms with E-state index in [0.29, 0.717) is 11.4 Å². The van der Waals surface area contributed by atoms with Crippen molar-refractivity contribution >= 4 is 42.9 Å². The molecule has 6 nitrogen and oxygen atoms in total. The number of allylic oxidation sites excluding steroid dienone is 2. The Morgan fingerprint density at radius 1 is 1.27 bits per heavy atom. The van der Waals surface area contributed by atoms with Crippen molar-refractivity contribution in [2.24, 2.45) is 0 Å². The molecule has 0 radical (unpaired) electrons. The van der Waals surface area contributed by atoms with Gasteiger partial charge in [0.25, 0.3) is 9.84 Å². The molecule has 0 saturated carbocycles. The summed E-state index contributed by atoms with van der Waals surface area (Å²) in [6, 6.07) is 1.49. The van der Waals surface area contributed by atoms with Crippen LogP contribution in [0.25, 0.3) is 15.8 Å². The van der Waals surface area contributed by atoms with E-state index in [1.807, 2.05) is 6.08 Å². The molecule has 0 aliphatic heterocycles. The van der Waals surface area contributed by atoms with Crippen LogP contribution in [0.15, 0.2) is 17.0 Å². The van der Waals surface area contributed by atoms with E-state index in [1.165, 1.54) is 13.0 Å². The molecule has 0 spiro atoms. The number of hydrogen-bond acceptors (Lipinski definition) is 7. The van der Waals surface area contributed by atoms with Gasteiger partial charge >= 0.3 is 11.5 Å². The number of hydrogen-bond donors (Lipinski definition) is 0. The fourth-order valence-corrected chi connectivity index (χ4v) is 6.34. The number of sulfone groups is 1. The zero-order valence-electron chi connectivity index (χ0n) is 19.0. The number of carbonyl (C=O) groups excluding carboxylic acids is 1. The average molecular weight is 506 g/mol. The number of rotatable bonds is 6. The largest absolute Gasteiger partial charge is 0.501 e. The van der Waals surface area contributed by atoms with Gasteiger partial charge in [0.15, 0.2) is 6.10 Å². The van der Waals surface area contributed by atoms with E-state index in [9.17, 15) is 26.4 Å². The summed E-state index contributed by atoms with van der Waals surface area (Å²) in [5.74, 6) is -0.961. The summed E-state index contributed by atoms with van der Waals surface area (Å²) in [5.41, 5.74) is -5.79. The lowest BCUT2D eigenvalue weighted by molar-refractivity contribution is -0.167. The van der Waals surface area contributed by atoms with Gasteiger partial charge in [0, 0.05) is 5.56 Å². The quantitative estimate of drug-likeness (QED) is 0.456. The molecule has 0 amide bonds. The van der Waals surface area contributed by atoms with Crippen LogP contribution in [0.2, 0.25) is 0 Å². The highest BCUT2D eigenvalue weighted by molar-refractivity contribution is 7.92. The molecule has 0 fully saturated rings. The SMILES string of the molecule is CCOC(=O)[C@@H](OC(C)(C)C)c1c(C)cc2nc(C3=CCCC3)sc2c1S(=O)(=O)C(F)(F)F. The first-order valence-corrected chi connectivity index (χ1v) is 12.8. The first-order valence-electron chi connectivity index (χ1n) is 10.5. The Kier molecular flexibility index (Phi) is 6.99. The molecule has 1 aromatic carbocycles. The Hall–Kier alpha value is -1.98. The predicted molar refractivity (Wildman–Crippen MR) is 120 cm³/mol. The van der Waals surface area contributed by atoms with Gasteiger partial charge in [0.2, 0.25) is 0 Å². The van der Waals surface area contributed by atoms with Gasteiger partial charge < -0.3 is 9.47 Å². The highest BCUT2D eigenvalue weighted by Gasteiger charge is 2.51. The lowest BCUT2D eigenvalue weighted by Crippen LogP contribution is -2.32. The van der Waals surface area contributed by atoms with Crippen molar-refractivity contribution in [2.75, 3.05) is 6.61 Å². The maximum absolute atomic E-state index is 13.8. The Morgan fingerprint density at radius 2 is 1.94 bits per heavy atom. The van der Waals surface area contributed by atoms with E-state index in [-0.39, 0.29) is 28.0 Å². The van der Waals surface area contributed by atoms with Crippen molar-refractivity contribution in [1.82, 2.24) is 4.98 Å². The van der Waals surface area contributed by atoms with Crippen LogP contribution >= 0.6 is 11.3 Å². The van der Waals surface area contributed by atoms with Crippen LogP contribution in [0.5, 0.6) is 0 Å². The second-order valence-electron chi connectivity index (χ2n) is 8.74. The molecular weight excluding hydrogens is 479 g/mol. The summed E-state index contributed by atoms with van der Waals surface area (Å²) in [6.07, 6.45) is 2.72. The topological polar surface area (TPSA) is 82.6 Å². The number of aromatic nitrogens is 1. The molecule has 11 heteroatoms. The molecule has 0 unspecified atom stereocenters. The molecule has 1 aromatic heterocycles. The first-order chi connectivity index (χ1) is 15.2. The number of carbonyl (C=O) groups is 1. The number of alkyl halides is 3. The molecule has 0 N–H and O–H groups in total. The molecule has 0 saturated heterocycles. The van der Waals surface area contributed by atoms with E-state index >= 15 is 0 Å². The summed E-state index contributed by atoms with van der Waals surface area (Å²) in [5, 5.41) is 0.474. The van der Waals surface area contributed by atoms with Crippen LogP contribution < -0.4 is 0 Å². The Bertz CT molecular complexity index is 1210. The third kappa shape index (κ3) is 5.09. The van der Waals surface area contributed by atoms with Crippen LogP contribution in [-0.4, -0.2) is 37.1 Å². The minimum absolute atomic E-state index is 0.0512. The summed E-state index contributed by atoms with van der Waals surface area (Å²) < 4.78 is 77.9. The maximum atomic E-state index is 13.8.